The molecule has 0 radical (unpaired) electrons. The maximum atomic E-state index is 11.9. The molecule has 0 aliphatic carbocycles. The molecule has 1 aromatic carbocycles. The molecule has 0 atom stereocenters. The summed E-state index contributed by atoms with van der Waals surface area (Å²) in [6.45, 7) is 1.77. The highest BCUT2D eigenvalue weighted by Crippen LogP contribution is 2.15. The fourth-order valence-corrected chi connectivity index (χ4v) is 2.52. The van der Waals surface area contributed by atoms with Crippen LogP contribution in [0.5, 0.6) is 0 Å². The zero-order valence-corrected chi connectivity index (χ0v) is 12.0. The highest BCUT2D eigenvalue weighted by atomic mass is 32.1. The summed E-state index contributed by atoms with van der Waals surface area (Å²) in [5.74, 6) is 5.40. The molecule has 3 nitrogen and oxygen atoms in total. The summed E-state index contributed by atoms with van der Waals surface area (Å²) >= 11 is 1.58. The van der Waals surface area contributed by atoms with Gasteiger partial charge in [0.15, 0.2) is 0 Å². The second kappa shape index (κ2) is 6.90. The fourth-order valence-electron chi connectivity index (χ4n) is 1.85. The number of carbonyl (C=O) groups excluding carboxylic acids is 1. The van der Waals surface area contributed by atoms with Crippen molar-refractivity contribution in [1.29, 1.82) is 0 Å². The van der Waals surface area contributed by atoms with Crippen LogP contribution in [0.2, 0.25) is 0 Å². The van der Waals surface area contributed by atoms with Gasteiger partial charge in [-0.3, -0.25) is 4.79 Å². The predicted octanol–water partition coefficient (Wildman–Crippen LogP) is 2.58. The molecule has 0 aliphatic rings. The minimum absolute atomic E-state index is 0.0462. The number of hydrogen-bond donors (Lipinski definition) is 2. The van der Waals surface area contributed by atoms with Crippen LogP contribution in [-0.2, 0) is 11.2 Å². The second-order valence-electron chi connectivity index (χ2n) is 4.40. The number of hydrogen-bond acceptors (Lipinski definition) is 3. The molecule has 1 amide bonds. The van der Waals surface area contributed by atoms with Crippen LogP contribution in [0.1, 0.15) is 16.7 Å². The van der Waals surface area contributed by atoms with Crippen molar-refractivity contribution in [2.24, 2.45) is 0 Å². The van der Waals surface area contributed by atoms with Crippen molar-refractivity contribution in [1.82, 2.24) is 0 Å². The number of thiophene rings is 1. The van der Waals surface area contributed by atoms with Gasteiger partial charge in [0, 0.05) is 11.3 Å². The first-order chi connectivity index (χ1) is 9.67. The van der Waals surface area contributed by atoms with Gasteiger partial charge in [0.25, 0.3) is 0 Å². The third kappa shape index (κ3) is 4.23. The Kier molecular flexibility index (Phi) is 4.94. The molecule has 2 rings (SSSR count). The standard InChI is InChI=1S/C16H15NO2S/c1-12-7-13(3-2-5-18)9-15(8-12)17-16(19)10-14-4-6-20-11-14/h4,6-9,11,18H,5,10H2,1H3,(H,17,19). The molecular formula is C16H15NO2S. The number of aliphatic hydroxyl groups excluding tert-OH is 1. The Morgan fingerprint density at radius 3 is 2.95 bits per heavy atom. The number of rotatable bonds is 3. The van der Waals surface area contributed by atoms with Gasteiger partial charge in [-0.2, -0.15) is 11.3 Å². The molecule has 2 aromatic rings. The molecular weight excluding hydrogens is 270 g/mol. The first kappa shape index (κ1) is 14.3. The van der Waals surface area contributed by atoms with Gasteiger partial charge in [-0.15, -0.1) is 0 Å². The molecule has 2 N–H and O–H groups in total. The summed E-state index contributed by atoms with van der Waals surface area (Å²) in [6, 6.07) is 7.56. The number of amides is 1. The number of aliphatic hydroxyl groups is 1. The number of benzene rings is 1. The Hall–Kier alpha value is -2.09. The van der Waals surface area contributed by atoms with Crippen LogP contribution in [0, 0.1) is 18.8 Å². The smallest absolute Gasteiger partial charge is 0.228 e. The van der Waals surface area contributed by atoms with Gasteiger partial charge in [0.2, 0.25) is 5.91 Å². The van der Waals surface area contributed by atoms with Crippen LogP contribution in [0.4, 0.5) is 5.69 Å². The first-order valence-corrected chi connectivity index (χ1v) is 7.14. The number of carbonyl (C=O) groups is 1. The Balaban J connectivity index is 2.08. The average Bonchev–Trinajstić information content (AvgIpc) is 2.88. The maximum absolute atomic E-state index is 11.9. The molecule has 0 aliphatic heterocycles. The minimum atomic E-state index is -0.173. The van der Waals surface area contributed by atoms with Gasteiger partial charge in [-0.1, -0.05) is 11.8 Å². The van der Waals surface area contributed by atoms with Gasteiger partial charge in [-0.25, -0.2) is 0 Å². The van der Waals surface area contributed by atoms with Crippen LogP contribution in [-0.4, -0.2) is 17.6 Å². The molecule has 1 heterocycles. The van der Waals surface area contributed by atoms with E-state index >= 15 is 0 Å². The van der Waals surface area contributed by atoms with Crippen molar-refractivity contribution in [3.8, 4) is 11.8 Å². The lowest BCUT2D eigenvalue weighted by atomic mass is 10.1. The van der Waals surface area contributed by atoms with E-state index in [1.54, 1.807) is 17.4 Å². The molecule has 102 valence electrons. The number of aryl methyl sites for hydroxylation is 1. The van der Waals surface area contributed by atoms with Gasteiger partial charge >= 0.3 is 0 Å². The number of anilines is 1. The summed E-state index contributed by atoms with van der Waals surface area (Å²) in [4.78, 5) is 11.9. The van der Waals surface area contributed by atoms with Crippen molar-refractivity contribution in [2.45, 2.75) is 13.3 Å². The molecule has 0 unspecified atom stereocenters. The maximum Gasteiger partial charge on any atom is 0.228 e. The largest absolute Gasteiger partial charge is 0.384 e. The van der Waals surface area contributed by atoms with E-state index in [4.69, 9.17) is 5.11 Å². The summed E-state index contributed by atoms with van der Waals surface area (Å²) < 4.78 is 0. The van der Waals surface area contributed by atoms with E-state index in [0.29, 0.717) is 6.42 Å². The lowest BCUT2D eigenvalue weighted by Gasteiger charge is -2.06. The molecule has 4 heteroatoms. The fraction of sp³-hybridized carbons (Fsp3) is 0.188. The van der Waals surface area contributed by atoms with Crippen LogP contribution >= 0.6 is 11.3 Å². The Labute approximate surface area is 122 Å². The zero-order chi connectivity index (χ0) is 14.4. The van der Waals surface area contributed by atoms with Crippen LogP contribution < -0.4 is 5.32 Å². The van der Waals surface area contributed by atoms with Gasteiger partial charge in [0.05, 0.1) is 6.42 Å². The van der Waals surface area contributed by atoms with E-state index in [2.05, 4.69) is 17.2 Å². The molecule has 0 fully saturated rings. The molecule has 1 aromatic heterocycles. The highest BCUT2D eigenvalue weighted by molar-refractivity contribution is 7.08. The molecule has 20 heavy (non-hydrogen) atoms. The first-order valence-electron chi connectivity index (χ1n) is 6.20. The average molecular weight is 285 g/mol. The van der Waals surface area contributed by atoms with E-state index in [-0.39, 0.29) is 12.5 Å². The Morgan fingerprint density at radius 1 is 1.40 bits per heavy atom. The lowest BCUT2D eigenvalue weighted by molar-refractivity contribution is -0.115. The van der Waals surface area contributed by atoms with Crippen LogP contribution in [0.3, 0.4) is 0 Å². The molecule has 0 spiro atoms. The predicted molar refractivity (Wildman–Crippen MR) is 81.8 cm³/mol. The van der Waals surface area contributed by atoms with Crippen molar-refractivity contribution >= 4 is 22.9 Å². The van der Waals surface area contributed by atoms with Gasteiger partial charge in [0.1, 0.15) is 6.61 Å². The molecule has 0 saturated heterocycles. The summed E-state index contributed by atoms with van der Waals surface area (Å²) in [5.41, 5.74) is 3.54. The third-order valence-electron chi connectivity index (χ3n) is 2.62. The van der Waals surface area contributed by atoms with E-state index in [0.717, 1.165) is 22.4 Å². The lowest BCUT2D eigenvalue weighted by Crippen LogP contribution is -2.14. The number of nitrogens with one attached hydrogen (secondary N) is 1. The minimum Gasteiger partial charge on any atom is -0.384 e. The van der Waals surface area contributed by atoms with Gasteiger partial charge < -0.3 is 10.4 Å². The van der Waals surface area contributed by atoms with Gasteiger partial charge in [-0.05, 0) is 53.1 Å². The van der Waals surface area contributed by atoms with Crippen molar-refractivity contribution < 1.29 is 9.90 Å². The molecule has 0 saturated carbocycles. The molecule has 0 bridgehead atoms. The highest BCUT2D eigenvalue weighted by Gasteiger charge is 2.05. The van der Waals surface area contributed by atoms with E-state index in [1.807, 2.05) is 35.9 Å². The van der Waals surface area contributed by atoms with Crippen molar-refractivity contribution in [3.63, 3.8) is 0 Å². The quantitative estimate of drug-likeness (QED) is 0.852. The van der Waals surface area contributed by atoms with Crippen molar-refractivity contribution in [2.75, 3.05) is 11.9 Å². The van der Waals surface area contributed by atoms with Crippen LogP contribution in [0.25, 0.3) is 0 Å². The summed E-state index contributed by atoms with van der Waals surface area (Å²) in [7, 11) is 0. The zero-order valence-electron chi connectivity index (χ0n) is 11.1. The Morgan fingerprint density at radius 2 is 2.25 bits per heavy atom. The monoisotopic (exact) mass is 285 g/mol. The normalized spacial score (nSPS) is 9.70. The third-order valence-corrected chi connectivity index (χ3v) is 3.35. The van der Waals surface area contributed by atoms with Crippen LogP contribution in [0.15, 0.2) is 35.0 Å². The van der Waals surface area contributed by atoms with Crippen molar-refractivity contribution in [3.05, 3.63) is 51.7 Å². The summed E-state index contributed by atoms with van der Waals surface area (Å²) in [6.07, 6.45) is 0.370. The Bertz CT molecular complexity index is 651. The van der Waals surface area contributed by atoms with E-state index < -0.39 is 0 Å². The van der Waals surface area contributed by atoms with E-state index in [1.165, 1.54) is 0 Å². The van der Waals surface area contributed by atoms with E-state index in [9.17, 15) is 4.79 Å². The SMILES string of the molecule is Cc1cc(C#CCO)cc(NC(=O)Cc2ccsc2)c1. The second-order valence-corrected chi connectivity index (χ2v) is 5.18. The topological polar surface area (TPSA) is 49.3 Å². The summed E-state index contributed by atoms with van der Waals surface area (Å²) in [5, 5.41) is 15.5.